The number of carbonyl (C=O) groups is 2. The van der Waals surface area contributed by atoms with Gasteiger partial charge in [-0.25, -0.2) is 4.79 Å². The monoisotopic (exact) mass is 511 g/mol. The van der Waals surface area contributed by atoms with Crippen LogP contribution in [-0.2, 0) is 11.4 Å². The Balaban J connectivity index is 2.21. The van der Waals surface area contributed by atoms with Crippen LogP contribution in [-0.4, -0.2) is 11.9 Å². The number of benzene rings is 2. The van der Waals surface area contributed by atoms with E-state index in [0.29, 0.717) is 27.4 Å². The van der Waals surface area contributed by atoms with Gasteiger partial charge in [-0.05, 0) is 57.4 Å². The van der Waals surface area contributed by atoms with Crippen LogP contribution in [0.15, 0.2) is 50.9 Å². The minimum Gasteiger partial charge on any atom is -0.486 e. The van der Waals surface area contributed by atoms with E-state index in [9.17, 15) is 9.59 Å². The van der Waals surface area contributed by atoms with Crippen LogP contribution < -0.4 is 15.8 Å². The van der Waals surface area contributed by atoms with E-state index in [2.05, 4.69) is 31.9 Å². The number of nitrogens with zero attached hydrogens (tertiary/aromatic N) is 1. The second-order valence-corrected chi connectivity index (χ2v) is 7.39. The maximum Gasteiger partial charge on any atom is 0.319 e. The fourth-order valence-electron chi connectivity index (χ4n) is 2.03. The number of halogens is 3. The van der Waals surface area contributed by atoms with Crippen molar-refractivity contribution < 1.29 is 14.3 Å². The van der Waals surface area contributed by atoms with Gasteiger partial charge < -0.3 is 10.5 Å². The lowest BCUT2D eigenvalue weighted by atomic mass is 10.1. The number of hydrogen-bond donors (Lipinski definition) is 2. The van der Waals surface area contributed by atoms with Gasteiger partial charge in [-0.3, -0.25) is 10.1 Å². The third-order valence-electron chi connectivity index (χ3n) is 3.23. The maximum atomic E-state index is 11.7. The summed E-state index contributed by atoms with van der Waals surface area (Å²) in [4.78, 5) is 22.5. The van der Waals surface area contributed by atoms with Crippen molar-refractivity contribution >= 4 is 61.5 Å². The molecule has 0 aromatic heterocycles. The summed E-state index contributed by atoms with van der Waals surface area (Å²) in [5.41, 5.74) is 6.02. The number of primary amides is 1. The molecule has 0 aliphatic rings. The van der Waals surface area contributed by atoms with E-state index in [1.807, 2.05) is 29.6 Å². The number of hydrogen-bond acceptors (Lipinski definition) is 4. The van der Waals surface area contributed by atoms with Crippen molar-refractivity contribution in [2.75, 3.05) is 0 Å². The summed E-state index contributed by atoms with van der Waals surface area (Å²) in [5, 5.41) is 11.2. The number of nitrogens with two attached hydrogens (primary N) is 1. The number of ether oxygens (including phenoxy) is 1. The van der Waals surface area contributed by atoms with Gasteiger partial charge in [-0.15, -0.1) is 0 Å². The fraction of sp³-hybridized carbons (Fsp3) is 0.0556. The molecular weight excluding hydrogens is 501 g/mol. The van der Waals surface area contributed by atoms with Crippen LogP contribution in [0.25, 0.3) is 6.08 Å². The van der Waals surface area contributed by atoms with Crippen molar-refractivity contribution in [3.05, 3.63) is 67.1 Å². The molecule has 0 atom stereocenters. The van der Waals surface area contributed by atoms with Gasteiger partial charge >= 0.3 is 6.03 Å². The molecule has 0 radical (unpaired) electrons. The van der Waals surface area contributed by atoms with E-state index in [0.717, 1.165) is 10.0 Å². The highest BCUT2D eigenvalue weighted by atomic mass is 79.9. The van der Waals surface area contributed by atoms with E-state index < -0.39 is 11.9 Å². The van der Waals surface area contributed by atoms with Crippen LogP contribution in [0.3, 0.4) is 0 Å². The van der Waals surface area contributed by atoms with E-state index in [4.69, 9.17) is 27.3 Å². The summed E-state index contributed by atoms with van der Waals surface area (Å²) >= 11 is 13.0. The van der Waals surface area contributed by atoms with E-state index in [1.165, 1.54) is 12.1 Å². The maximum absolute atomic E-state index is 11.7. The third-order valence-corrected chi connectivity index (χ3v) is 4.63. The average Bonchev–Trinajstić information content (AvgIpc) is 2.59. The quantitative estimate of drug-likeness (QED) is 0.452. The first kappa shape index (κ1) is 21.0. The van der Waals surface area contributed by atoms with Crippen LogP contribution in [0.2, 0.25) is 5.02 Å². The van der Waals surface area contributed by atoms with Crippen molar-refractivity contribution in [3.63, 3.8) is 0 Å². The number of nitriles is 1. The van der Waals surface area contributed by atoms with Crippen molar-refractivity contribution in [2.24, 2.45) is 5.73 Å². The summed E-state index contributed by atoms with van der Waals surface area (Å²) in [6.07, 6.45) is 1.29. The molecule has 2 aromatic carbocycles. The Labute approximate surface area is 177 Å². The normalized spacial score (nSPS) is 10.8. The Morgan fingerprint density at radius 1 is 1.26 bits per heavy atom. The molecular formula is C18H12Br2ClN3O3. The molecule has 3 amide bonds. The minimum absolute atomic E-state index is 0.291. The van der Waals surface area contributed by atoms with Crippen molar-refractivity contribution in [1.82, 2.24) is 5.32 Å². The number of urea groups is 1. The van der Waals surface area contributed by atoms with Gasteiger partial charge in [-0.1, -0.05) is 39.7 Å². The van der Waals surface area contributed by atoms with Gasteiger partial charge in [0.15, 0.2) is 5.75 Å². The zero-order valence-corrected chi connectivity index (χ0v) is 17.6. The van der Waals surface area contributed by atoms with Gasteiger partial charge in [0.05, 0.1) is 9.50 Å². The molecule has 0 unspecified atom stereocenters. The molecule has 2 aromatic rings. The molecule has 3 N–H and O–H groups in total. The summed E-state index contributed by atoms with van der Waals surface area (Å²) < 4.78 is 7.27. The smallest absolute Gasteiger partial charge is 0.319 e. The Kier molecular flexibility index (Phi) is 7.42. The zero-order chi connectivity index (χ0) is 20.0. The molecule has 0 aliphatic heterocycles. The summed E-state index contributed by atoms with van der Waals surface area (Å²) in [6, 6.07) is 11.5. The lowest BCUT2D eigenvalue weighted by Crippen LogP contribution is -2.35. The second-order valence-electron chi connectivity index (χ2n) is 5.22. The zero-order valence-electron chi connectivity index (χ0n) is 13.6. The molecule has 0 saturated heterocycles. The van der Waals surface area contributed by atoms with Crippen molar-refractivity contribution in [3.8, 4) is 11.8 Å². The van der Waals surface area contributed by atoms with E-state index in [-0.39, 0.29) is 5.57 Å². The molecule has 0 heterocycles. The van der Waals surface area contributed by atoms with Gasteiger partial charge in [0.1, 0.15) is 18.2 Å². The van der Waals surface area contributed by atoms with Crippen LogP contribution in [0.1, 0.15) is 11.1 Å². The summed E-state index contributed by atoms with van der Waals surface area (Å²) in [5.74, 6) is -0.468. The fourth-order valence-corrected chi connectivity index (χ4v) is 3.28. The SMILES string of the molecule is N#C/C(=C/c1cc(Cl)c(OCc2ccc(Br)cc2)c(Br)c1)C(=O)NC(N)=O. The Morgan fingerprint density at radius 2 is 1.93 bits per heavy atom. The Hall–Kier alpha value is -2.34. The summed E-state index contributed by atoms with van der Waals surface area (Å²) in [6.45, 7) is 0.311. The van der Waals surface area contributed by atoms with Crippen LogP contribution >= 0.6 is 43.5 Å². The molecule has 27 heavy (non-hydrogen) atoms. The van der Waals surface area contributed by atoms with Gasteiger partial charge in [0.25, 0.3) is 5.91 Å². The molecule has 0 spiro atoms. The Bertz CT molecular complexity index is 930. The van der Waals surface area contributed by atoms with Gasteiger partial charge in [0, 0.05) is 4.47 Å². The number of nitrogens with one attached hydrogen (secondary N) is 1. The Morgan fingerprint density at radius 3 is 2.48 bits per heavy atom. The first-order chi connectivity index (χ1) is 12.8. The third kappa shape index (κ3) is 6.10. The first-order valence-electron chi connectivity index (χ1n) is 7.39. The molecule has 6 nitrogen and oxygen atoms in total. The molecule has 2 rings (SSSR count). The lowest BCUT2D eigenvalue weighted by molar-refractivity contribution is -0.115. The van der Waals surface area contributed by atoms with Crippen LogP contribution in [0.5, 0.6) is 5.75 Å². The second kappa shape index (κ2) is 9.55. The summed E-state index contributed by atoms with van der Waals surface area (Å²) in [7, 11) is 0. The highest BCUT2D eigenvalue weighted by Gasteiger charge is 2.13. The molecule has 0 bridgehead atoms. The highest BCUT2D eigenvalue weighted by Crippen LogP contribution is 2.35. The standard InChI is InChI=1S/C18H12Br2ClN3O3/c19-13-3-1-10(2-4-13)9-27-16-14(20)6-11(7-15(16)21)5-12(8-22)17(25)24-18(23)26/h1-7H,9H2,(H3,23,24,25,26)/b12-5-. The first-order valence-corrected chi connectivity index (χ1v) is 9.35. The van der Waals surface area contributed by atoms with Gasteiger partial charge in [0.2, 0.25) is 0 Å². The lowest BCUT2D eigenvalue weighted by Gasteiger charge is -2.11. The number of carbonyl (C=O) groups excluding carboxylic acids is 2. The largest absolute Gasteiger partial charge is 0.486 e. The number of rotatable bonds is 5. The highest BCUT2D eigenvalue weighted by molar-refractivity contribution is 9.10. The molecule has 0 aliphatic carbocycles. The molecule has 138 valence electrons. The number of imide groups is 1. The molecule has 0 fully saturated rings. The van der Waals surface area contributed by atoms with Crippen molar-refractivity contribution in [1.29, 1.82) is 5.26 Å². The average molecular weight is 514 g/mol. The van der Waals surface area contributed by atoms with Crippen LogP contribution in [0, 0.1) is 11.3 Å². The number of amides is 3. The topological polar surface area (TPSA) is 105 Å². The molecule has 0 saturated carbocycles. The molecule has 9 heteroatoms. The van der Waals surface area contributed by atoms with Gasteiger partial charge in [-0.2, -0.15) is 5.26 Å². The van der Waals surface area contributed by atoms with E-state index >= 15 is 0 Å². The predicted molar refractivity (Wildman–Crippen MR) is 109 cm³/mol. The van der Waals surface area contributed by atoms with E-state index in [1.54, 1.807) is 12.1 Å². The van der Waals surface area contributed by atoms with Crippen molar-refractivity contribution in [2.45, 2.75) is 6.61 Å². The predicted octanol–water partition coefficient (Wildman–Crippen LogP) is 4.55. The minimum atomic E-state index is -1.04. The van der Waals surface area contributed by atoms with Crippen LogP contribution in [0.4, 0.5) is 4.79 Å².